The zero-order valence-corrected chi connectivity index (χ0v) is 9.66. The number of para-hydroxylation sites is 1. The van der Waals surface area contributed by atoms with Crippen LogP contribution in [-0.4, -0.2) is 20.6 Å². The molecule has 0 saturated heterocycles. The summed E-state index contributed by atoms with van der Waals surface area (Å²) in [6.45, 7) is 0. The van der Waals surface area contributed by atoms with Crippen LogP contribution in [0.1, 0.15) is 10.4 Å². The first-order chi connectivity index (χ1) is 8.50. The van der Waals surface area contributed by atoms with Gasteiger partial charge in [-0.2, -0.15) is 5.10 Å². The van der Waals surface area contributed by atoms with Crippen LogP contribution in [0.3, 0.4) is 0 Å². The smallest absolute Gasteiger partial charge is 0.313 e. The van der Waals surface area contributed by atoms with Crippen molar-refractivity contribution in [3.05, 3.63) is 51.3 Å². The Morgan fingerprint density at radius 3 is 2.78 bits per heavy atom. The molecule has 92 valence electrons. The van der Waals surface area contributed by atoms with Gasteiger partial charge in [0.15, 0.2) is 0 Å². The van der Waals surface area contributed by atoms with E-state index in [-0.39, 0.29) is 22.0 Å². The number of rotatable bonds is 3. The van der Waals surface area contributed by atoms with Gasteiger partial charge in [0, 0.05) is 6.20 Å². The number of nitrogens with zero attached hydrogens (tertiary/aromatic N) is 3. The van der Waals surface area contributed by atoms with E-state index in [1.807, 2.05) is 0 Å². The number of nitrogens with two attached hydrogens (primary N) is 1. The molecule has 1 amide bonds. The Labute approximate surface area is 106 Å². The van der Waals surface area contributed by atoms with Crippen LogP contribution >= 0.6 is 11.6 Å². The maximum absolute atomic E-state index is 10.9. The highest BCUT2D eigenvalue weighted by molar-refractivity contribution is 6.33. The lowest BCUT2D eigenvalue weighted by Crippen LogP contribution is -2.09. The lowest BCUT2D eigenvalue weighted by molar-refractivity contribution is -0.384. The number of carbonyl (C=O) groups excluding carboxylic acids is 1. The van der Waals surface area contributed by atoms with Crippen LogP contribution in [-0.2, 0) is 0 Å². The highest BCUT2D eigenvalue weighted by Crippen LogP contribution is 2.30. The van der Waals surface area contributed by atoms with Crippen LogP contribution in [0.25, 0.3) is 5.69 Å². The fraction of sp³-hybridized carbons (Fsp3) is 0. The van der Waals surface area contributed by atoms with Crippen LogP contribution in [0, 0.1) is 10.1 Å². The Morgan fingerprint density at radius 1 is 1.50 bits per heavy atom. The normalized spacial score (nSPS) is 10.3. The number of halogens is 1. The highest BCUT2D eigenvalue weighted by atomic mass is 35.5. The van der Waals surface area contributed by atoms with Gasteiger partial charge in [-0.25, -0.2) is 4.68 Å². The van der Waals surface area contributed by atoms with Gasteiger partial charge in [-0.15, -0.1) is 0 Å². The van der Waals surface area contributed by atoms with Crippen LogP contribution in [0.15, 0.2) is 30.6 Å². The van der Waals surface area contributed by atoms with E-state index >= 15 is 0 Å². The summed E-state index contributed by atoms with van der Waals surface area (Å²) in [4.78, 5) is 21.3. The first kappa shape index (κ1) is 12.1. The molecule has 0 atom stereocenters. The summed E-state index contributed by atoms with van der Waals surface area (Å²) < 4.78 is 1.18. The standard InChI is InChI=1S/C10H7ClN4O3/c11-7-2-1-3-8(9(7)15(17)18)14-5-6(4-13-14)10(12)16/h1-5H,(H2,12,16). The van der Waals surface area contributed by atoms with Crippen molar-refractivity contribution < 1.29 is 9.72 Å². The van der Waals surface area contributed by atoms with Gasteiger partial charge in [-0.05, 0) is 12.1 Å². The maximum atomic E-state index is 10.9. The molecule has 18 heavy (non-hydrogen) atoms. The van der Waals surface area contributed by atoms with Crippen LogP contribution in [0.4, 0.5) is 5.69 Å². The molecule has 7 nitrogen and oxygen atoms in total. The number of primary amides is 1. The second kappa shape index (κ2) is 4.46. The first-order valence-electron chi connectivity index (χ1n) is 4.78. The number of nitro groups is 1. The monoisotopic (exact) mass is 266 g/mol. The van der Waals surface area contributed by atoms with Crippen LogP contribution in [0.2, 0.25) is 5.02 Å². The zero-order chi connectivity index (χ0) is 13.3. The van der Waals surface area contributed by atoms with Crippen molar-refractivity contribution in [3.63, 3.8) is 0 Å². The molecule has 1 heterocycles. The molecule has 2 N–H and O–H groups in total. The van der Waals surface area contributed by atoms with E-state index in [2.05, 4.69) is 5.10 Å². The molecule has 0 radical (unpaired) electrons. The largest absolute Gasteiger partial charge is 0.366 e. The summed E-state index contributed by atoms with van der Waals surface area (Å²) in [6, 6.07) is 4.43. The van der Waals surface area contributed by atoms with Crippen molar-refractivity contribution in [2.45, 2.75) is 0 Å². The zero-order valence-electron chi connectivity index (χ0n) is 8.91. The van der Waals surface area contributed by atoms with Gasteiger partial charge in [0.2, 0.25) is 0 Å². The molecule has 0 aliphatic heterocycles. The SMILES string of the molecule is NC(=O)c1cnn(-c2cccc(Cl)c2[N+](=O)[O-])c1. The minimum absolute atomic E-state index is 0.00590. The van der Waals surface area contributed by atoms with Crippen molar-refractivity contribution >= 4 is 23.2 Å². The first-order valence-corrected chi connectivity index (χ1v) is 5.16. The van der Waals surface area contributed by atoms with Gasteiger partial charge in [-0.1, -0.05) is 17.7 Å². The lowest BCUT2D eigenvalue weighted by Gasteiger charge is -2.03. The molecular formula is C10H7ClN4O3. The summed E-state index contributed by atoms with van der Waals surface area (Å²) in [5.74, 6) is -0.661. The van der Waals surface area contributed by atoms with Gasteiger partial charge in [0.1, 0.15) is 10.7 Å². The topological polar surface area (TPSA) is 104 Å². The number of benzene rings is 1. The van der Waals surface area contributed by atoms with Crippen LogP contribution in [0.5, 0.6) is 0 Å². The average Bonchev–Trinajstić information content (AvgIpc) is 2.77. The predicted octanol–water partition coefficient (Wildman–Crippen LogP) is 1.53. The van der Waals surface area contributed by atoms with E-state index < -0.39 is 10.8 Å². The molecule has 8 heteroatoms. The van der Waals surface area contributed by atoms with Crippen molar-refractivity contribution in [1.82, 2.24) is 9.78 Å². The fourth-order valence-corrected chi connectivity index (χ4v) is 1.69. The molecular weight excluding hydrogens is 260 g/mol. The Balaban J connectivity index is 2.59. The van der Waals surface area contributed by atoms with Crippen molar-refractivity contribution in [2.24, 2.45) is 5.73 Å². The third kappa shape index (κ3) is 2.03. The van der Waals surface area contributed by atoms with E-state index in [1.54, 1.807) is 6.07 Å². The third-order valence-electron chi connectivity index (χ3n) is 2.26. The molecule has 0 saturated carbocycles. The summed E-state index contributed by atoms with van der Waals surface area (Å²) in [7, 11) is 0. The van der Waals surface area contributed by atoms with Crippen molar-refractivity contribution in [1.29, 1.82) is 0 Å². The number of carbonyl (C=O) groups is 1. The minimum Gasteiger partial charge on any atom is -0.366 e. The second-order valence-corrected chi connectivity index (χ2v) is 3.81. The Morgan fingerprint density at radius 2 is 2.22 bits per heavy atom. The molecule has 1 aromatic carbocycles. The summed E-state index contributed by atoms with van der Waals surface area (Å²) in [5.41, 5.74) is 5.12. The number of nitro benzene ring substituents is 1. The third-order valence-corrected chi connectivity index (χ3v) is 2.57. The van der Waals surface area contributed by atoms with Crippen molar-refractivity contribution in [2.75, 3.05) is 0 Å². The molecule has 1 aromatic heterocycles. The van der Waals surface area contributed by atoms with E-state index in [1.165, 1.54) is 29.2 Å². The molecule has 0 bridgehead atoms. The lowest BCUT2D eigenvalue weighted by atomic mass is 10.2. The molecule has 0 spiro atoms. The fourth-order valence-electron chi connectivity index (χ4n) is 1.45. The quantitative estimate of drug-likeness (QED) is 0.672. The molecule has 0 aliphatic carbocycles. The molecule has 0 unspecified atom stereocenters. The minimum atomic E-state index is -0.661. The van der Waals surface area contributed by atoms with Crippen LogP contribution < -0.4 is 5.73 Å². The van der Waals surface area contributed by atoms with Gasteiger partial charge >= 0.3 is 5.69 Å². The summed E-state index contributed by atoms with van der Waals surface area (Å²) in [5, 5.41) is 14.8. The molecule has 2 rings (SSSR count). The molecule has 0 fully saturated rings. The molecule has 0 aliphatic rings. The number of aromatic nitrogens is 2. The Hall–Kier alpha value is -2.41. The number of amides is 1. The number of hydrogen-bond acceptors (Lipinski definition) is 4. The Kier molecular flexibility index (Phi) is 2.99. The molecule has 2 aromatic rings. The maximum Gasteiger partial charge on any atom is 0.313 e. The summed E-state index contributed by atoms with van der Waals surface area (Å²) >= 11 is 5.77. The van der Waals surface area contributed by atoms with E-state index in [9.17, 15) is 14.9 Å². The Bertz CT molecular complexity index is 638. The van der Waals surface area contributed by atoms with Gasteiger partial charge in [0.05, 0.1) is 16.7 Å². The van der Waals surface area contributed by atoms with E-state index in [0.29, 0.717) is 0 Å². The van der Waals surface area contributed by atoms with E-state index in [0.717, 1.165) is 0 Å². The van der Waals surface area contributed by atoms with Gasteiger partial charge in [0.25, 0.3) is 5.91 Å². The summed E-state index contributed by atoms with van der Waals surface area (Å²) in [6.07, 6.45) is 2.54. The average molecular weight is 267 g/mol. The highest BCUT2D eigenvalue weighted by Gasteiger charge is 2.20. The van der Waals surface area contributed by atoms with E-state index in [4.69, 9.17) is 17.3 Å². The van der Waals surface area contributed by atoms with Crippen molar-refractivity contribution in [3.8, 4) is 5.69 Å². The predicted molar refractivity (Wildman–Crippen MR) is 63.7 cm³/mol. The second-order valence-electron chi connectivity index (χ2n) is 3.40. The number of hydrogen-bond donors (Lipinski definition) is 1. The van der Waals surface area contributed by atoms with Gasteiger partial charge in [-0.3, -0.25) is 14.9 Å². The van der Waals surface area contributed by atoms with Gasteiger partial charge < -0.3 is 5.73 Å².